The molecule has 3 rings (SSSR count). The Morgan fingerprint density at radius 1 is 1.32 bits per heavy atom. The summed E-state index contributed by atoms with van der Waals surface area (Å²) in [6, 6.07) is 4.20. The van der Waals surface area contributed by atoms with Gasteiger partial charge in [0.1, 0.15) is 0 Å². The van der Waals surface area contributed by atoms with Gasteiger partial charge in [-0.1, -0.05) is 25.5 Å². The maximum Gasteiger partial charge on any atom is 0.156 e. The van der Waals surface area contributed by atoms with Crippen molar-refractivity contribution in [3.05, 3.63) is 41.2 Å². The van der Waals surface area contributed by atoms with Crippen molar-refractivity contribution < 1.29 is 4.79 Å². The fraction of sp³-hybridized carbons (Fsp3) is 0.529. The molecule has 2 nitrogen and oxygen atoms in total. The molecule has 1 aromatic heterocycles. The monoisotopic (exact) mass is 255 g/mol. The van der Waals surface area contributed by atoms with Crippen LogP contribution in [0.2, 0.25) is 0 Å². The predicted molar refractivity (Wildman–Crippen MR) is 76.0 cm³/mol. The minimum absolute atomic E-state index is 0.105. The number of pyridine rings is 1. The molecule has 0 N–H and O–H groups in total. The van der Waals surface area contributed by atoms with Crippen molar-refractivity contribution in [1.29, 1.82) is 0 Å². The van der Waals surface area contributed by atoms with Crippen LogP contribution in [-0.2, 0) is 11.2 Å². The quantitative estimate of drug-likeness (QED) is 0.763. The number of carbonyl (C=O) groups is 1. The Hall–Kier alpha value is -1.44. The summed E-state index contributed by atoms with van der Waals surface area (Å²) in [4.78, 5) is 16.5. The summed E-state index contributed by atoms with van der Waals surface area (Å²) < 4.78 is 0. The summed E-state index contributed by atoms with van der Waals surface area (Å²) >= 11 is 0. The van der Waals surface area contributed by atoms with E-state index < -0.39 is 0 Å². The SMILES string of the molecule is CC1(C)CC(=O)C=C(C2CCCc3cccnc32)C1. The van der Waals surface area contributed by atoms with Gasteiger partial charge in [0.15, 0.2) is 5.78 Å². The lowest BCUT2D eigenvalue weighted by molar-refractivity contribution is -0.117. The summed E-state index contributed by atoms with van der Waals surface area (Å²) in [6.07, 6.45) is 8.96. The number of allylic oxidation sites excluding steroid dienone is 2. The summed E-state index contributed by atoms with van der Waals surface area (Å²) in [7, 11) is 0. The van der Waals surface area contributed by atoms with Crippen molar-refractivity contribution in [2.45, 2.75) is 51.9 Å². The zero-order valence-corrected chi connectivity index (χ0v) is 11.8. The van der Waals surface area contributed by atoms with E-state index in [4.69, 9.17) is 0 Å². The van der Waals surface area contributed by atoms with E-state index in [9.17, 15) is 4.79 Å². The molecule has 0 spiro atoms. The number of hydrogen-bond acceptors (Lipinski definition) is 2. The normalized spacial score (nSPS) is 25.7. The van der Waals surface area contributed by atoms with Gasteiger partial charge in [-0.05, 0) is 48.8 Å². The molecule has 0 radical (unpaired) electrons. The topological polar surface area (TPSA) is 30.0 Å². The van der Waals surface area contributed by atoms with E-state index >= 15 is 0 Å². The van der Waals surface area contributed by atoms with E-state index in [-0.39, 0.29) is 11.2 Å². The molecule has 0 aliphatic heterocycles. The molecule has 1 aromatic rings. The second kappa shape index (κ2) is 4.59. The second-order valence-electron chi connectivity index (χ2n) is 6.70. The van der Waals surface area contributed by atoms with Crippen molar-refractivity contribution in [3.8, 4) is 0 Å². The molecule has 1 atom stereocenters. The predicted octanol–water partition coefficient (Wildman–Crippen LogP) is 3.82. The van der Waals surface area contributed by atoms with Gasteiger partial charge in [-0.25, -0.2) is 0 Å². The van der Waals surface area contributed by atoms with Crippen LogP contribution in [0.5, 0.6) is 0 Å². The highest BCUT2D eigenvalue weighted by Gasteiger charge is 2.33. The Labute approximate surface area is 114 Å². The Morgan fingerprint density at radius 3 is 2.95 bits per heavy atom. The van der Waals surface area contributed by atoms with E-state index in [0.29, 0.717) is 12.3 Å². The highest BCUT2D eigenvalue weighted by atomic mass is 16.1. The Morgan fingerprint density at radius 2 is 2.16 bits per heavy atom. The van der Waals surface area contributed by atoms with Gasteiger partial charge >= 0.3 is 0 Å². The molecule has 100 valence electrons. The van der Waals surface area contributed by atoms with Gasteiger partial charge in [0.05, 0.1) is 5.69 Å². The van der Waals surface area contributed by atoms with E-state index in [0.717, 1.165) is 19.3 Å². The molecule has 0 fully saturated rings. The Balaban J connectivity index is 1.98. The number of ketones is 1. The molecule has 2 aliphatic carbocycles. The number of nitrogens with zero attached hydrogens (tertiary/aromatic N) is 1. The van der Waals surface area contributed by atoms with Crippen molar-refractivity contribution in [2.24, 2.45) is 5.41 Å². The van der Waals surface area contributed by atoms with Crippen molar-refractivity contribution in [3.63, 3.8) is 0 Å². The molecular formula is C17H21NO. The van der Waals surface area contributed by atoms with Gasteiger partial charge in [-0.3, -0.25) is 9.78 Å². The smallest absolute Gasteiger partial charge is 0.156 e. The minimum Gasteiger partial charge on any atom is -0.295 e. The molecule has 0 saturated heterocycles. The van der Waals surface area contributed by atoms with Gasteiger partial charge in [-0.15, -0.1) is 0 Å². The summed E-state index contributed by atoms with van der Waals surface area (Å²) in [5.41, 5.74) is 4.00. The van der Waals surface area contributed by atoms with Gasteiger partial charge in [-0.2, -0.15) is 0 Å². The van der Waals surface area contributed by atoms with E-state index in [1.165, 1.54) is 23.3 Å². The fourth-order valence-electron chi connectivity index (χ4n) is 3.59. The molecule has 1 heterocycles. The number of carbonyl (C=O) groups excluding carboxylic acids is 1. The third kappa shape index (κ3) is 2.49. The maximum atomic E-state index is 11.9. The average molecular weight is 255 g/mol. The first-order chi connectivity index (χ1) is 9.05. The van der Waals surface area contributed by atoms with Crippen LogP contribution < -0.4 is 0 Å². The zero-order valence-electron chi connectivity index (χ0n) is 11.8. The molecule has 0 amide bonds. The number of aromatic nitrogens is 1. The first-order valence-electron chi connectivity index (χ1n) is 7.22. The molecule has 0 bridgehead atoms. The van der Waals surface area contributed by atoms with Crippen LogP contribution in [0, 0.1) is 5.41 Å². The number of fused-ring (bicyclic) bond motifs is 1. The van der Waals surface area contributed by atoms with Crippen LogP contribution in [0.4, 0.5) is 0 Å². The Kier molecular flexibility index (Phi) is 3.04. The van der Waals surface area contributed by atoms with Crippen molar-refractivity contribution in [2.75, 3.05) is 0 Å². The highest BCUT2D eigenvalue weighted by Crippen LogP contribution is 2.43. The van der Waals surface area contributed by atoms with E-state index in [1.54, 1.807) is 0 Å². The molecule has 2 heteroatoms. The number of rotatable bonds is 1. The lowest BCUT2D eigenvalue weighted by atomic mass is 9.70. The molecule has 19 heavy (non-hydrogen) atoms. The minimum atomic E-state index is 0.105. The largest absolute Gasteiger partial charge is 0.295 e. The average Bonchev–Trinajstić information content (AvgIpc) is 2.35. The summed E-state index contributed by atoms with van der Waals surface area (Å²) in [5, 5.41) is 0. The molecule has 0 saturated carbocycles. The fourth-order valence-corrected chi connectivity index (χ4v) is 3.59. The molecule has 0 aromatic carbocycles. The lowest BCUT2D eigenvalue weighted by Gasteiger charge is -2.34. The van der Waals surface area contributed by atoms with Crippen LogP contribution in [-0.4, -0.2) is 10.8 Å². The van der Waals surface area contributed by atoms with Crippen molar-refractivity contribution in [1.82, 2.24) is 4.98 Å². The van der Waals surface area contributed by atoms with Gasteiger partial charge in [0.25, 0.3) is 0 Å². The zero-order chi connectivity index (χ0) is 13.5. The van der Waals surface area contributed by atoms with Crippen LogP contribution >= 0.6 is 0 Å². The third-order valence-corrected chi connectivity index (χ3v) is 4.32. The van der Waals surface area contributed by atoms with Gasteiger partial charge in [0, 0.05) is 18.5 Å². The summed E-state index contributed by atoms with van der Waals surface area (Å²) in [5.74, 6) is 0.655. The lowest BCUT2D eigenvalue weighted by Crippen LogP contribution is -2.25. The maximum absolute atomic E-state index is 11.9. The number of hydrogen-bond donors (Lipinski definition) is 0. The van der Waals surface area contributed by atoms with Crippen LogP contribution in [0.3, 0.4) is 0 Å². The van der Waals surface area contributed by atoms with E-state index in [2.05, 4.69) is 24.9 Å². The second-order valence-corrected chi connectivity index (χ2v) is 6.70. The van der Waals surface area contributed by atoms with Gasteiger partial charge in [0.2, 0.25) is 0 Å². The Bertz CT molecular complexity index is 542. The van der Waals surface area contributed by atoms with Gasteiger partial charge < -0.3 is 0 Å². The van der Waals surface area contributed by atoms with Crippen LogP contribution in [0.1, 0.15) is 56.7 Å². The third-order valence-electron chi connectivity index (χ3n) is 4.32. The van der Waals surface area contributed by atoms with E-state index in [1.807, 2.05) is 18.3 Å². The molecule has 1 unspecified atom stereocenters. The molecular weight excluding hydrogens is 234 g/mol. The van der Waals surface area contributed by atoms with Crippen LogP contribution in [0.25, 0.3) is 0 Å². The van der Waals surface area contributed by atoms with Crippen LogP contribution in [0.15, 0.2) is 30.0 Å². The van der Waals surface area contributed by atoms with Crippen molar-refractivity contribution >= 4 is 5.78 Å². The first-order valence-corrected chi connectivity index (χ1v) is 7.22. The highest BCUT2D eigenvalue weighted by molar-refractivity contribution is 5.92. The number of aryl methyl sites for hydroxylation is 1. The molecule has 2 aliphatic rings. The first kappa shape index (κ1) is 12.6. The summed E-state index contributed by atoms with van der Waals surface area (Å²) in [6.45, 7) is 4.39. The standard InChI is InChI=1S/C17H21NO/c1-17(2)10-13(9-14(19)11-17)15-7-3-5-12-6-4-8-18-16(12)15/h4,6,8-9,15H,3,5,7,10-11H2,1-2H3.